The van der Waals surface area contributed by atoms with Gasteiger partial charge in [0.2, 0.25) is 5.91 Å². The molecule has 0 aliphatic rings. The van der Waals surface area contributed by atoms with Gasteiger partial charge in [0.05, 0.1) is 19.2 Å². The summed E-state index contributed by atoms with van der Waals surface area (Å²) in [6.07, 6.45) is 1.31. The highest BCUT2D eigenvalue weighted by Crippen LogP contribution is 2.18. The predicted octanol–water partition coefficient (Wildman–Crippen LogP) is 2.39. The van der Waals surface area contributed by atoms with Crippen molar-refractivity contribution in [1.29, 1.82) is 0 Å². The molecule has 0 aliphatic carbocycles. The van der Waals surface area contributed by atoms with Gasteiger partial charge in [-0.05, 0) is 41.3 Å². The van der Waals surface area contributed by atoms with Crippen molar-refractivity contribution in [2.75, 3.05) is 0 Å². The van der Waals surface area contributed by atoms with E-state index in [9.17, 15) is 19.5 Å². The summed E-state index contributed by atoms with van der Waals surface area (Å²) in [5.74, 6) is -2.36. The van der Waals surface area contributed by atoms with E-state index in [1.807, 2.05) is 0 Å². The van der Waals surface area contributed by atoms with Crippen LogP contribution in [0.4, 0.5) is 0 Å². The van der Waals surface area contributed by atoms with Crippen LogP contribution >= 0.6 is 11.6 Å². The lowest BCUT2D eigenvalue weighted by molar-refractivity contribution is -0.139. The van der Waals surface area contributed by atoms with Gasteiger partial charge in [-0.1, -0.05) is 48.0 Å². The second-order valence-electron chi connectivity index (χ2n) is 7.67. The zero-order valence-corrected chi connectivity index (χ0v) is 18.9. The van der Waals surface area contributed by atoms with E-state index >= 15 is 0 Å². The van der Waals surface area contributed by atoms with Gasteiger partial charge < -0.3 is 16.2 Å². The molecule has 9 heteroatoms. The third kappa shape index (κ3) is 6.06. The smallest absolute Gasteiger partial charge is 0.312 e. The molecule has 1 aromatic heterocycles. The molecule has 2 aromatic carbocycles. The predicted molar refractivity (Wildman–Crippen MR) is 125 cm³/mol. The molecule has 3 aromatic rings. The Bertz CT molecular complexity index is 1210. The normalized spacial score (nSPS) is 11.7. The third-order valence-electron chi connectivity index (χ3n) is 5.42. The van der Waals surface area contributed by atoms with Gasteiger partial charge in [-0.25, -0.2) is 4.68 Å². The molecule has 0 saturated heterocycles. The molecule has 0 fully saturated rings. The maximum Gasteiger partial charge on any atom is 0.312 e. The zero-order chi connectivity index (χ0) is 24.0. The van der Waals surface area contributed by atoms with Crippen molar-refractivity contribution in [3.8, 4) is 0 Å². The first-order valence-electron chi connectivity index (χ1n) is 10.4. The summed E-state index contributed by atoms with van der Waals surface area (Å²) in [5, 5.41) is 17.1. The number of carboxylic acids is 1. The van der Waals surface area contributed by atoms with Crippen molar-refractivity contribution in [3.63, 3.8) is 0 Å². The van der Waals surface area contributed by atoms with E-state index in [1.54, 1.807) is 55.5 Å². The van der Waals surface area contributed by atoms with Gasteiger partial charge in [-0.15, -0.1) is 0 Å². The molecule has 1 atom stereocenters. The van der Waals surface area contributed by atoms with Crippen LogP contribution in [-0.4, -0.2) is 26.8 Å². The Labute approximate surface area is 196 Å². The number of carbonyl (C=O) groups excluding carboxylic acids is 1. The lowest BCUT2D eigenvalue weighted by Gasteiger charge is -2.15. The van der Waals surface area contributed by atoms with Crippen molar-refractivity contribution in [1.82, 2.24) is 15.1 Å². The summed E-state index contributed by atoms with van der Waals surface area (Å²) in [4.78, 5) is 37.4. The molecule has 0 aliphatic heterocycles. The number of hydrogen-bond acceptors (Lipinski definition) is 5. The summed E-state index contributed by atoms with van der Waals surface area (Å²) < 4.78 is 1.10. The Morgan fingerprint density at radius 3 is 2.58 bits per heavy atom. The van der Waals surface area contributed by atoms with Crippen LogP contribution in [0.2, 0.25) is 5.02 Å². The Morgan fingerprint density at radius 1 is 1.18 bits per heavy atom. The molecule has 4 N–H and O–H groups in total. The standard InChI is InChI=1S/C24H25ClN4O4/c1-15-12-28-29(14-21(24(32)33)16-5-3-2-4-6-16)23(31)20(15)10-22(30)27-13-18-9-19(25)8-7-17(18)11-26/h2-9,12,21H,10-11,13-14,26H2,1H3,(H,27,30)(H,32,33). The first-order chi connectivity index (χ1) is 15.8. The van der Waals surface area contributed by atoms with Crippen LogP contribution in [0.5, 0.6) is 0 Å². The molecule has 33 heavy (non-hydrogen) atoms. The molecule has 8 nitrogen and oxygen atoms in total. The molecule has 0 saturated carbocycles. The van der Waals surface area contributed by atoms with Crippen LogP contribution in [0, 0.1) is 6.92 Å². The average Bonchev–Trinajstić information content (AvgIpc) is 2.80. The van der Waals surface area contributed by atoms with Gasteiger partial charge in [-0.3, -0.25) is 14.4 Å². The van der Waals surface area contributed by atoms with E-state index in [0.29, 0.717) is 22.7 Å². The Balaban J connectivity index is 1.77. The second-order valence-corrected chi connectivity index (χ2v) is 8.10. The molecular weight excluding hydrogens is 444 g/mol. The summed E-state index contributed by atoms with van der Waals surface area (Å²) in [7, 11) is 0. The molecule has 0 radical (unpaired) electrons. The fraction of sp³-hybridized carbons (Fsp3) is 0.250. The van der Waals surface area contributed by atoms with Crippen LogP contribution < -0.4 is 16.6 Å². The van der Waals surface area contributed by atoms with Crippen LogP contribution in [-0.2, 0) is 35.6 Å². The van der Waals surface area contributed by atoms with Gasteiger partial charge in [-0.2, -0.15) is 5.10 Å². The van der Waals surface area contributed by atoms with Gasteiger partial charge in [0.1, 0.15) is 5.92 Å². The minimum Gasteiger partial charge on any atom is -0.481 e. The molecule has 1 heterocycles. The molecule has 1 amide bonds. The highest BCUT2D eigenvalue weighted by molar-refractivity contribution is 6.30. The average molecular weight is 469 g/mol. The maximum atomic E-state index is 13.0. The molecular formula is C24H25ClN4O4. The number of nitrogens with one attached hydrogen (secondary N) is 1. The van der Waals surface area contributed by atoms with E-state index in [2.05, 4.69) is 10.4 Å². The number of carbonyl (C=O) groups is 2. The SMILES string of the molecule is Cc1cnn(CC(C(=O)O)c2ccccc2)c(=O)c1CC(=O)NCc1cc(Cl)ccc1CN. The number of benzene rings is 2. The summed E-state index contributed by atoms with van der Waals surface area (Å²) in [6.45, 7) is 2.08. The lowest BCUT2D eigenvalue weighted by atomic mass is 9.99. The first kappa shape index (κ1) is 24.2. The lowest BCUT2D eigenvalue weighted by Crippen LogP contribution is -2.34. The van der Waals surface area contributed by atoms with Crippen LogP contribution in [0.1, 0.15) is 33.7 Å². The van der Waals surface area contributed by atoms with Gasteiger partial charge >= 0.3 is 5.97 Å². The number of rotatable bonds is 9. The number of amides is 1. The second kappa shape index (κ2) is 10.9. The highest BCUT2D eigenvalue weighted by Gasteiger charge is 2.23. The third-order valence-corrected chi connectivity index (χ3v) is 5.65. The van der Waals surface area contributed by atoms with E-state index in [1.165, 1.54) is 6.20 Å². The number of aryl methyl sites for hydroxylation is 1. The number of aromatic nitrogens is 2. The number of halogens is 1. The van der Waals surface area contributed by atoms with Crippen LogP contribution in [0.3, 0.4) is 0 Å². The molecule has 1 unspecified atom stereocenters. The fourth-order valence-electron chi connectivity index (χ4n) is 3.52. The Hall–Kier alpha value is -3.49. The van der Waals surface area contributed by atoms with E-state index in [4.69, 9.17) is 17.3 Å². The molecule has 0 spiro atoms. The van der Waals surface area contributed by atoms with Crippen molar-refractivity contribution in [2.45, 2.75) is 38.9 Å². The topological polar surface area (TPSA) is 127 Å². The number of nitrogens with zero attached hydrogens (tertiary/aromatic N) is 2. The van der Waals surface area contributed by atoms with Crippen molar-refractivity contribution >= 4 is 23.5 Å². The molecule has 3 rings (SSSR count). The number of hydrogen-bond donors (Lipinski definition) is 3. The van der Waals surface area contributed by atoms with Gasteiger partial charge in [0, 0.05) is 23.7 Å². The number of aliphatic carboxylic acids is 1. The van der Waals surface area contributed by atoms with Gasteiger partial charge in [0.15, 0.2) is 0 Å². The highest BCUT2D eigenvalue weighted by atomic mass is 35.5. The first-order valence-corrected chi connectivity index (χ1v) is 10.7. The minimum absolute atomic E-state index is 0.143. The quantitative estimate of drug-likeness (QED) is 0.442. The van der Waals surface area contributed by atoms with Gasteiger partial charge in [0.25, 0.3) is 5.56 Å². The zero-order valence-electron chi connectivity index (χ0n) is 18.1. The summed E-state index contributed by atoms with van der Waals surface area (Å²) in [5.41, 5.74) is 8.31. The van der Waals surface area contributed by atoms with E-state index in [-0.39, 0.29) is 31.0 Å². The van der Waals surface area contributed by atoms with Crippen molar-refractivity contribution < 1.29 is 14.7 Å². The molecule has 0 bridgehead atoms. The number of carboxylic acid groups (broad SMARTS) is 1. The summed E-state index contributed by atoms with van der Waals surface area (Å²) >= 11 is 6.04. The molecule has 172 valence electrons. The minimum atomic E-state index is -1.06. The Kier molecular flexibility index (Phi) is 7.97. The van der Waals surface area contributed by atoms with E-state index in [0.717, 1.165) is 15.8 Å². The fourth-order valence-corrected chi connectivity index (χ4v) is 3.71. The van der Waals surface area contributed by atoms with Crippen LogP contribution in [0.25, 0.3) is 0 Å². The van der Waals surface area contributed by atoms with Crippen LogP contribution in [0.15, 0.2) is 59.5 Å². The Morgan fingerprint density at radius 2 is 1.91 bits per heavy atom. The largest absolute Gasteiger partial charge is 0.481 e. The van der Waals surface area contributed by atoms with Crippen molar-refractivity contribution in [2.24, 2.45) is 5.73 Å². The number of nitrogens with two attached hydrogens (primary N) is 1. The summed E-state index contributed by atoms with van der Waals surface area (Å²) in [6, 6.07) is 13.9. The maximum absolute atomic E-state index is 13.0. The monoisotopic (exact) mass is 468 g/mol. The van der Waals surface area contributed by atoms with Crippen molar-refractivity contribution in [3.05, 3.63) is 97.9 Å². The van der Waals surface area contributed by atoms with E-state index < -0.39 is 17.4 Å².